The molecule has 1 heterocycles. The summed E-state index contributed by atoms with van der Waals surface area (Å²) in [6.07, 6.45) is 0.298. The van der Waals surface area contributed by atoms with Gasteiger partial charge in [0, 0.05) is 11.4 Å². The topological polar surface area (TPSA) is 33.8 Å². The molecule has 18 heavy (non-hydrogen) atoms. The molecule has 1 unspecified atom stereocenters. The molecule has 0 spiro atoms. The maximum Gasteiger partial charge on any atom is 0.119 e. The zero-order valence-electron chi connectivity index (χ0n) is 10.0. The molecule has 1 N–H and O–H groups in total. The second-order valence-electron chi connectivity index (χ2n) is 4.28. The van der Waals surface area contributed by atoms with Gasteiger partial charge in [0.15, 0.2) is 0 Å². The van der Waals surface area contributed by atoms with Crippen molar-refractivity contribution in [2.45, 2.75) is 6.10 Å². The van der Waals surface area contributed by atoms with Crippen LogP contribution in [-0.2, 0) is 4.74 Å². The van der Waals surface area contributed by atoms with Crippen LogP contribution in [0.5, 0.6) is 5.75 Å². The van der Waals surface area contributed by atoms with Gasteiger partial charge in [-0.1, -0.05) is 18.2 Å². The lowest BCUT2D eigenvalue weighted by molar-refractivity contribution is 0.263. The highest BCUT2D eigenvalue weighted by atomic mass is 16.6. The summed E-state index contributed by atoms with van der Waals surface area (Å²) in [7, 11) is 0. The molecule has 3 heteroatoms. The van der Waals surface area contributed by atoms with Gasteiger partial charge in [0.05, 0.1) is 6.61 Å². The summed E-state index contributed by atoms with van der Waals surface area (Å²) in [6, 6.07) is 18.0. The third-order valence-corrected chi connectivity index (χ3v) is 2.76. The van der Waals surface area contributed by atoms with E-state index in [2.05, 4.69) is 5.32 Å². The van der Waals surface area contributed by atoms with E-state index in [-0.39, 0.29) is 0 Å². The lowest BCUT2D eigenvalue weighted by Gasteiger charge is -2.08. The first-order valence-corrected chi connectivity index (χ1v) is 6.07. The molecule has 0 bridgehead atoms. The van der Waals surface area contributed by atoms with Crippen molar-refractivity contribution >= 4 is 11.4 Å². The number of hydrogen-bond donors (Lipinski definition) is 1. The van der Waals surface area contributed by atoms with Crippen LogP contribution < -0.4 is 10.1 Å². The smallest absolute Gasteiger partial charge is 0.119 e. The van der Waals surface area contributed by atoms with Gasteiger partial charge in [-0.2, -0.15) is 0 Å². The molecule has 1 fully saturated rings. The maximum absolute atomic E-state index is 5.58. The van der Waals surface area contributed by atoms with Gasteiger partial charge in [-0.05, 0) is 36.4 Å². The first-order valence-electron chi connectivity index (χ1n) is 6.07. The first-order chi connectivity index (χ1) is 8.90. The van der Waals surface area contributed by atoms with Gasteiger partial charge in [-0.25, -0.2) is 0 Å². The summed E-state index contributed by atoms with van der Waals surface area (Å²) in [5.41, 5.74) is 2.13. The number of epoxide rings is 1. The second kappa shape index (κ2) is 5.10. The van der Waals surface area contributed by atoms with Crippen molar-refractivity contribution in [3.05, 3.63) is 54.6 Å². The lowest BCUT2D eigenvalue weighted by atomic mass is 10.2. The molecule has 1 aliphatic heterocycles. The Morgan fingerprint density at radius 3 is 2.33 bits per heavy atom. The average Bonchev–Trinajstić information content (AvgIpc) is 3.23. The highest BCUT2D eigenvalue weighted by molar-refractivity contribution is 5.59. The van der Waals surface area contributed by atoms with E-state index < -0.39 is 0 Å². The van der Waals surface area contributed by atoms with Crippen molar-refractivity contribution < 1.29 is 9.47 Å². The molecule has 0 amide bonds. The largest absolute Gasteiger partial charge is 0.491 e. The molecular weight excluding hydrogens is 226 g/mol. The Morgan fingerprint density at radius 2 is 1.67 bits per heavy atom. The molecule has 1 saturated heterocycles. The number of ether oxygens (including phenoxy) is 2. The third kappa shape index (κ3) is 3.02. The molecule has 2 aromatic rings. The number of para-hydroxylation sites is 1. The molecule has 2 aromatic carbocycles. The minimum absolute atomic E-state index is 0.298. The van der Waals surface area contributed by atoms with Crippen LogP contribution in [0.4, 0.5) is 11.4 Å². The fourth-order valence-electron chi connectivity index (χ4n) is 1.68. The van der Waals surface area contributed by atoms with E-state index in [1.54, 1.807) is 0 Å². The van der Waals surface area contributed by atoms with Crippen molar-refractivity contribution in [3.8, 4) is 5.75 Å². The molecule has 0 aromatic heterocycles. The highest BCUT2D eigenvalue weighted by Crippen LogP contribution is 2.20. The molecule has 92 valence electrons. The molecule has 0 saturated carbocycles. The Balaban J connectivity index is 1.59. The predicted octanol–water partition coefficient (Wildman–Crippen LogP) is 3.21. The first kappa shape index (κ1) is 11.1. The predicted molar refractivity (Wildman–Crippen MR) is 71.4 cm³/mol. The number of hydrogen-bond acceptors (Lipinski definition) is 3. The van der Waals surface area contributed by atoms with Crippen LogP contribution in [0, 0.1) is 0 Å². The maximum atomic E-state index is 5.58. The molecule has 1 atom stereocenters. The Kier molecular flexibility index (Phi) is 3.15. The van der Waals surface area contributed by atoms with Gasteiger partial charge in [-0.3, -0.25) is 0 Å². The van der Waals surface area contributed by atoms with Crippen LogP contribution in [0.25, 0.3) is 0 Å². The number of rotatable bonds is 5. The summed E-state index contributed by atoms with van der Waals surface area (Å²) >= 11 is 0. The van der Waals surface area contributed by atoms with Crippen molar-refractivity contribution in [3.63, 3.8) is 0 Å². The minimum Gasteiger partial charge on any atom is -0.491 e. The summed E-state index contributed by atoms with van der Waals surface area (Å²) < 4.78 is 10.7. The molecule has 3 rings (SSSR count). The van der Waals surface area contributed by atoms with E-state index in [1.165, 1.54) is 0 Å². The van der Waals surface area contributed by atoms with Crippen LogP contribution in [0.1, 0.15) is 0 Å². The molecule has 0 aliphatic carbocycles. The fourth-order valence-corrected chi connectivity index (χ4v) is 1.68. The third-order valence-electron chi connectivity index (χ3n) is 2.76. The Morgan fingerprint density at radius 1 is 1.00 bits per heavy atom. The van der Waals surface area contributed by atoms with Crippen LogP contribution in [0.15, 0.2) is 54.6 Å². The normalized spacial score (nSPS) is 17.2. The van der Waals surface area contributed by atoms with Crippen LogP contribution >= 0.6 is 0 Å². The van der Waals surface area contributed by atoms with Crippen molar-refractivity contribution in [2.75, 3.05) is 18.5 Å². The van der Waals surface area contributed by atoms with E-state index in [0.29, 0.717) is 12.7 Å². The van der Waals surface area contributed by atoms with E-state index in [1.807, 2.05) is 54.6 Å². The van der Waals surface area contributed by atoms with Gasteiger partial charge in [0.1, 0.15) is 18.5 Å². The zero-order chi connectivity index (χ0) is 12.2. The van der Waals surface area contributed by atoms with Gasteiger partial charge in [0.2, 0.25) is 0 Å². The zero-order valence-corrected chi connectivity index (χ0v) is 10.0. The molecule has 3 nitrogen and oxygen atoms in total. The van der Waals surface area contributed by atoms with E-state index in [0.717, 1.165) is 23.7 Å². The van der Waals surface area contributed by atoms with E-state index in [9.17, 15) is 0 Å². The Labute approximate surface area is 106 Å². The summed E-state index contributed by atoms with van der Waals surface area (Å²) in [5, 5.41) is 3.33. The van der Waals surface area contributed by atoms with Crippen LogP contribution in [0.3, 0.4) is 0 Å². The number of anilines is 2. The minimum atomic E-state index is 0.298. The van der Waals surface area contributed by atoms with Gasteiger partial charge >= 0.3 is 0 Å². The molecule has 0 radical (unpaired) electrons. The van der Waals surface area contributed by atoms with E-state index >= 15 is 0 Å². The van der Waals surface area contributed by atoms with Gasteiger partial charge in [0.25, 0.3) is 0 Å². The van der Waals surface area contributed by atoms with Crippen LogP contribution in [-0.4, -0.2) is 19.3 Å². The Bertz CT molecular complexity index is 492. The van der Waals surface area contributed by atoms with Crippen molar-refractivity contribution in [2.24, 2.45) is 0 Å². The standard InChI is InChI=1S/C15H15NO2/c1-2-4-12(5-3-1)16-13-6-8-14(9-7-13)17-10-15-11-18-15/h1-9,15-16H,10-11H2. The second-order valence-corrected chi connectivity index (χ2v) is 4.28. The van der Waals surface area contributed by atoms with E-state index in [4.69, 9.17) is 9.47 Å². The Hall–Kier alpha value is -2.00. The van der Waals surface area contributed by atoms with Gasteiger partial charge < -0.3 is 14.8 Å². The number of nitrogens with one attached hydrogen (secondary N) is 1. The summed E-state index contributed by atoms with van der Waals surface area (Å²) in [5.74, 6) is 0.879. The monoisotopic (exact) mass is 241 g/mol. The number of benzene rings is 2. The molecule has 1 aliphatic rings. The van der Waals surface area contributed by atoms with Crippen molar-refractivity contribution in [1.29, 1.82) is 0 Å². The molecular formula is C15H15NO2. The van der Waals surface area contributed by atoms with Crippen molar-refractivity contribution in [1.82, 2.24) is 0 Å². The average molecular weight is 241 g/mol. The van der Waals surface area contributed by atoms with Gasteiger partial charge in [-0.15, -0.1) is 0 Å². The fraction of sp³-hybridized carbons (Fsp3) is 0.200. The summed E-state index contributed by atoms with van der Waals surface area (Å²) in [4.78, 5) is 0. The van der Waals surface area contributed by atoms with Crippen LogP contribution in [0.2, 0.25) is 0 Å². The quantitative estimate of drug-likeness (QED) is 0.816. The summed E-state index contributed by atoms with van der Waals surface area (Å²) in [6.45, 7) is 1.47. The highest BCUT2D eigenvalue weighted by Gasteiger charge is 2.22. The lowest BCUT2D eigenvalue weighted by Crippen LogP contribution is -2.03. The SMILES string of the molecule is c1ccc(Nc2ccc(OCC3CO3)cc2)cc1.